The highest BCUT2D eigenvalue weighted by atomic mass is 79.9. The highest BCUT2D eigenvalue weighted by molar-refractivity contribution is 9.10. The van der Waals surface area contributed by atoms with Gasteiger partial charge < -0.3 is 15.0 Å². The molecule has 194 valence electrons. The van der Waals surface area contributed by atoms with E-state index in [0.717, 1.165) is 52.4 Å². The number of carbonyl (C=O) groups is 2. The van der Waals surface area contributed by atoms with Gasteiger partial charge in [-0.25, -0.2) is 0 Å². The van der Waals surface area contributed by atoms with Crippen LogP contribution in [0.4, 0.5) is 0 Å². The number of amides is 2. The summed E-state index contributed by atoms with van der Waals surface area (Å²) in [6, 6.07) is 23.1. The lowest BCUT2D eigenvalue weighted by Gasteiger charge is -2.32. The molecule has 0 radical (unpaired) electrons. The van der Waals surface area contributed by atoms with Gasteiger partial charge in [0, 0.05) is 23.5 Å². The second kappa shape index (κ2) is 12.9. The molecule has 1 aliphatic rings. The first kappa shape index (κ1) is 26.9. The predicted molar refractivity (Wildman–Crippen MR) is 150 cm³/mol. The lowest BCUT2D eigenvalue weighted by atomic mass is 10.0. The van der Waals surface area contributed by atoms with Crippen LogP contribution in [0.3, 0.4) is 0 Å². The molecule has 0 aliphatic heterocycles. The number of carbonyl (C=O) groups excluding carboxylic acids is 2. The van der Waals surface area contributed by atoms with E-state index in [1.54, 1.807) is 4.90 Å². The molecule has 6 heteroatoms. The first-order valence-electron chi connectivity index (χ1n) is 13.0. The summed E-state index contributed by atoms with van der Waals surface area (Å²) in [4.78, 5) is 29.2. The van der Waals surface area contributed by atoms with E-state index in [2.05, 4.69) is 21.2 Å². The lowest BCUT2D eigenvalue weighted by molar-refractivity contribution is -0.143. The number of hydrogen-bond donors (Lipinski definition) is 1. The maximum Gasteiger partial charge on any atom is 0.261 e. The molecule has 4 rings (SSSR count). The van der Waals surface area contributed by atoms with Crippen molar-refractivity contribution in [2.75, 3.05) is 6.61 Å². The molecule has 3 aromatic carbocycles. The summed E-state index contributed by atoms with van der Waals surface area (Å²) < 4.78 is 6.97. The standard InChI is InChI=1S/C31H35BrN2O3/c1-22-9-8-14-29(23(22)2)37-21-30(35)34(20-25-15-17-26(32)18-16-25)28(19-24-10-4-3-5-11-24)31(36)33-27-12-6-7-13-27/h3-5,8-11,14-18,27-28H,6-7,12-13,19-21H2,1-2H3,(H,33,36)/t28-/m1/s1. The fourth-order valence-corrected chi connectivity index (χ4v) is 5.08. The zero-order valence-corrected chi connectivity index (χ0v) is 23.2. The molecule has 1 aliphatic carbocycles. The molecular weight excluding hydrogens is 528 g/mol. The van der Waals surface area contributed by atoms with E-state index in [1.165, 1.54) is 0 Å². The lowest BCUT2D eigenvalue weighted by Crippen LogP contribution is -2.53. The van der Waals surface area contributed by atoms with Crippen molar-refractivity contribution in [2.24, 2.45) is 0 Å². The van der Waals surface area contributed by atoms with Gasteiger partial charge in [0.15, 0.2) is 6.61 Å². The van der Waals surface area contributed by atoms with Gasteiger partial charge in [-0.2, -0.15) is 0 Å². The molecule has 0 unspecified atom stereocenters. The first-order chi connectivity index (χ1) is 17.9. The van der Waals surface area contributed by atoms with Crippen molar-refractivity contribution in [3.8, 4) is 5.75 Å². The highest BCUT2D eigenvalue weighted by Gasteiger charge is 2.32. The topological polar surface area (TPSA) is 58.6 Å². The van der Waals surface area contributed by atoms with E-state index in [1.807, 2.05) is 86.6 Å². The highest BCUT2D eigenvalue weighted by Crippen LogP contribution is 2.23. The van der Waals surface area contributed by atoms with Crippen LogP contribution >= 0.6 is 15.9 Å². The fourth-order valence-electron chi connectivity index (χ4n) is 4.81. The van der Waals surface area contributed by atoms with E-state index < -0.39 is 6.04 Å². The van der Waals surface area contributed by atoms with Crippen LogP contribution in [0.15, 0.2) is 77.3 Å². The molecule has 0 heterocycles. The Hall–Kier alpha value is -3.12. The Labute approximate surface area is 228 Å². The largest absolute Gasteiger partial charge is 0.483 e. The summed E-state index contributed by atoms with van der Waals surface area (Å²) in [6.45, 7) is 4.19. The SMILES string of the molecule is Cc1cccc(OCC(=O)N(Cc2ccc(Br)cc2)[C@H](Cc2ccccc2)C(=O)NC2CCCC2)c1C. The van der Waals surface area contributed by atoms with Crippen LogP contribution in [-0.2, 0) is 22.6 Å². The third-order valence-electron chi connectivity index (χ3n) is 7.14. The second-order valence-electron chi connectivity index (χ2n) is 9.83. The van der Waals surface area contributed by atoms with E-state index >= 15 is 0 Å². The van der Waals surface area contributed by atoms with Crippen LogP contribution in [0.1, 0.15) is 47.9 Å². The van der Waals surface area contributed by atoms with Crippen molar-refractivity contribution in [2.45, 2.75) is 64.6 Å². The quantitative estimate of drug-likeness (QED) is 0.322. The second-order valence-corrected chi connectivity index (χ2v) is 10.7. The number of nitrogens with one attached hydrogen (secondary N) is 1. The molecule has 0 aromatic heterocycles. The van der Waals surface area contributed by atoms with Crippen molar-refractivity contribution in [1.29, 1.82) is 0 Å². The Kier molecular flexibility index (Phi) is 9.40. The minimum atomic E-state index is -0.652. The Morgan fingerprint density at radius 1 is 0.946 bits per heavy atom. The summed E-state index contributed by atoms with van der Waals surface area (Å²) in [6.07, 6.45) is 4.66. The van der Waals surface area contributed by atoms with E-state index in [0.29, 0.717) is 18.7 Å². The van der Waals surface area contributed by atoms with Gasteiger partial charge in [-0.05, 0) is 67.1 Å². The van der Waals surface area contributed by atoms with Crippen LogP contribution in [0.2, 0.25) is 0 Å². The normalized spacial score (nSPS) is 14.2. The average molecular weight is 564 g/mol. The van der Waals surface area contributed by atoms with Crippen LogP contribution in [0, 0.1) is 13.8 Å². The first-order valence-corrected chi connectivity index (χ1v) is 13.8. The van der Waals surface area contributed by atoms with Gasteiger partial charge in [-0.15, -0.1) is 0 Å². The van der Waals surface area contributed by atoms with Gasteiger partial charge in [0.1, 0.15) is 11.8 Å². The van der Waals surface area contributed by atoms with E-state index in [9.17, 15) is 9.59 Å². The van der Waals surface area contributed by atoms with Gasteiger partial charge in [-0.1, -0.05) is 83.4 Å². The monoisotopic (exact) mass is 562 g/mol. The molecule has 1 saturated carbocycles. The summed E-state index contributed by atoms with van der Waals surface area (Å²) in [5.41, 5.74) is 4.08. The minimum Gasteiger partial charge on any atom is -0.483 e. The van der Waals surface area contributed by atoms with E-state index in [4.69, 9.17) is 4.74 Å². The average Bonchev–Trinajstić information content (AvgIpc) is 3.41. The van der Waals surface area contributed by atoms with Crippen molar-refractivity contribution in [3.05, 3.63) is 99.5 Å². The Bertz CT molecular complexity index is 1190. The van der Waals surface area contributed by atoms with Crippen molar-refractivity contribution in [1.82, 2.24) is 10.2 Å². The van der Waals surface area contributed by atoms with Crippen molar-refractivity contribution >= 4 is 27.7 Å². The number of hydrogen-bond acceptors (Lipinski definition) is 3. The molecule has 3 aromatic rings. The Balaban J connectivity index is 1.62. The van der Waals surface area contributed by atoms with Gasteiger partial charge in [0.05, 0.1) is 0 Å². The molecule has 0 spiro atoms. The van der Waals surface area contributed by atoms with Gasteiger partial charge in [0.2, 0.25) is 5.91 Å². The third kappa shape index (κ3) is 7.45. The van der Waals surface area contributed by atoms with Crippen LogP contribution in [0.25, 0.3) is 0 Å². The number of benzene rings is 3. The number of halogens is 1. The molecule has 1 N–H and O–H groups in total. The molecular formula is C31H35BrN2O3. The van der Waals surface area contributed by atoms with Crippen LogP contribution in [-0.4, -0.2) is 35.4 Å². The van der Waals surface area contributed by atoms with E-state index in [-0.39, 0.29) is 24.5 Å². The number of aryl methyl sites for hydroxylation is 1. The van der Waals surface area contributed by atoms with Crippen molar-refractivity contribution < 1.29 is 14.3 Å². The summed E-state index contributed by atoms with van der Waals surface area (Å²) in [5, 5.41) is 3.24. The molecule has 0 saturated heterocycles. The Morgan fingerprint density at radius 2 is 1.65 bits per heavy atom. The summed E-state index contributed by atoms with van der Waals surface area (Å²) in [5.74, 6) is 0.367. The smallest absolute Gasteiger partial charge is 0.261 e. The van der Waals surface area contributed by atoms with Gasteiger partial charge in [0.25, 0.3) is 5.91 Å². The number of nitrogens with zero attached hydrogens (tertiary/aromatic N) is 1. The van der Waals surface area contributed by atoms with Gasteiger partial charge in [-0.3, -0.25) is 9.59 Å². The molecule has 5 nitrogen and oxygen atoms in total. The zero-order chi connectivity index (χ0) is 26.2. The number of ether oxygens (including phenoxy) is 1. The molecule has 1 fully saturated rings. The van der Waals surface area contributed by atoms with Gasteiger partial charge >= 0.3 is 0 Å². The maximum atomic E-state index is 13.8. The predicted octanol–water partition coefficient (Wildman–Crippen LogP) is 6.14. The van der Waals surface area contributed by atoms with Crippen LogP contribution in [0.5, 0.6) is 5.75 Å². The number of rotatable bonds is 10. The zero-order valence-electron chi connectivity index (χ0n) is 21.6. The minimum absolute atomic E-state index is 0.104. The molecule has 2 amide bonds. The van der Waals surface area contributed by atoms with Crippen molar-refractivity contribution in [3.63, 3.8) is 0 Å². The molecule has 1 atom stereocenters. The maximum absolute atomic E-state index is 13.8. The third-order valence-corrected chi connectivity index (χ3v) is 7.67. The molecule has 37 heavy (non-hydrogen) atoms. The summed E-state index contributed by atoms with van der Waals surface area (Å²) >= 11 is 3.48. The summed E-state index contributed by atoms with van der Waals surface area (Å²) in [7, 11) is 0. The fraction of sp³-hybridized carbons (Fsp3) is 0.355. The molecule has 0 bridgehead atoms. The Morgan fingerprint density at radius 3 is 2.35 bits per heavy atom. The van der Waals surface area contributed by atoms with Crippen LogP contribution < -0.4 is 10.1 Å².